The van der Waals surface area contributed by atoms with Crippen LogP contribution >= 0.6 is 23.5 Å². The molecule has 0 amide bonds. The van der Waals surface area contributed by atoms with Crippen LogP contribution in [0.25, 0.3) is 11.3 Å². The quantitative estimate of drug-likeness (QED) is 0.257. The summed E-state index contributed by atoms with van der Waals surface area (Å²) in [5, 5.41) is 0. The molecule has 0 atom stereocenters. The van der Waals surface area contributed by atoms with Crippen LogP contribution in [-0.4, -0.2) is 7.11 Å². The van der Waals surface area contributed by atoms with Crippen molar-refractivity contribution in [3.63, 3.8) is 0 Å². The first kappa shape index (κ1) is 21.7. The zero-order valence-corrected chi connectivity index (χ0v) is 19.5. The standard InChI is InChI=1S/C27H26O2S2/c1-3-4-15-24-26(30-22-11-7-5-8-12-22)27(31-23-13-9-6-10-14-23)25(29-24)20-16-18-21(28-2)19-17-20/h5-14,16-19H,3-4,15H2,1-2H3. The van der Waals surface area contributed by atoms with Crippen LogP contribution in [-0.2, 0) is 6.42 Å². The smallest absolute Gasteiger partial charge is 0.149 e. The van der Waals surface area contributed by atoms with Crippen LogP contribution in [0.5, 0.6) is 5.75 Å². The highest BCUT2D eigenvalue weighted by molar-refractivity contribution is 8.02. The average molecular weight is 447 g/mol. The molecule has 0 bridgehead atoms. The normalized spacial score (nSPS) is 10.9. The zero-order chi connectivity index (χ0) is 21.5. The van der Waals surface area contributed by atoms with Crippen molar-refractivity contribution in [2.75, 3.05) is 7.11 Å². The monoisotopic (exact) mass is 446 g/mol. The van der Waals surface area contributed by atoms with Gasteiger partial charge in [0.15, 0.2) is 0 Å². The minimum Gasteiger partial charge on any atom is -0.497 e. The highest BCUT2D eigenvalue weighted by Crippen LogP contribution is 2.48. The largest absolute Gasteiger partial charge is 0.497 e. The predicted molar refractivity (Wildman–Crippen MR) is 130 cm³/mol. The minimum absolute atomic E-state index is 0.845. The summed E-state index contributed by atoms with van der Waals surface area (Å²) in [6.07, 6.45) is 3.17. The Bertz CT molecular complexity index is 1090. The highest BCUT2D eigenvalue weighted by atomic mass is 32.2. The summed E-state index contributed by atoms with van der Waals surface area (Å²) in [4.78, 5) is 4.82. The van der Waals surface area contributed by atoms with E-state index in [-0.39, 0.29) is 0 Å². The first-order chi connectivity index (χ1) is 15.3. The Labute approximate surface area is 193 Å². The number of benzene rings is 3. The Morgan fingerprint density at radius 2 is 1.32 bits per heavy atom. The molecule has 1 aromatic heterocycles. The van der Waals surface area contributed by atoms with E-state index in [0.29, 0.717) is 0 Å². The molecule has 0 fully saturated rings. The van der Waals surface area contributed by atoms with E-state index in [2.05, 4.69) is 79.7 Å². The number of hydrogen-bond acceptors (Lipinski definition) is 4. The maximum Gasteiger partial charge on any atom is 0.149 e. The van der Waals surface area contributed by atoms with Gasteiger partial charge in [0, 0.05) is 21.8 Å². The summed E-state index contributed by atoms with van der Waals surface area (Å²) >= 11 is 3.57. The van der Waals surface area contributed by atoms with Crippen molar-refractivity contribution < 1.29 is 9.15 Å². The van der Waals surface area contributed by atoms with Gasteiger partial charge < -0.3 is 9.15 Å². The van der Waals surface area contributed by atoms with Gasteiger partial charge in [0.1, 0.15) is 17.3 Å². The molecule has 0 aliphatic heterocycles. The maximum absolute atomic E-state index is 6.57. The van der Waals surface area contributed by atoms with Crippen LogP contribution in [0.15, 0.2) is 109 Å². The third kappa shape index (κ3) is 5.38. The Morgan fingerprint density at radius 3 is 1.87 bits per heavy atom. The molecule has 4 heteroatoms. The number of methoxy groups -OCH3 is 1. The molecule has 158 valence electrons. The number of furan rings is 1. The lowest BCUT2D eigenvalue weighted by Gasteiger charge is -2.08. The number of aryl methyl sites for hydroxylation is 1. The average Bonchev–Trinajstić information content (AvgIpc) is 3.16. The predicted octanol–water partition coefficient (Wildman–Crippen LogP) is 8.60. The fraction of sp³-hybridized carbons (Fsp3) is 0.185. The van der Waals surface area contributed by atoms with E-state index in [1.165, 1.54) is 19.6 Å². The van der Waals surface area contributed by atoms with Crippen LogP contribution in [0.1, 0.15) is 25.5 Å². The molecule has 4 rings (SSSR count). The van der Waals surface area contributed by atoms with E-state index in [9.17, 15) is 0 Å². The lowest BCUT2D eigenvalue weighted by atomic mass is 10.1. The van der Waals surface area contributed by atoms with Crippen LogP contribution in [0.3, 0.4) is 0 Å². The van der Waals surface area contributed by atoms with Crippen LogP contribution in [0.4, 0.5) is 0 Å². The Balaban J connectivity index is 1.83. The molecule has 0 saturated heterocycles. The van der Waals surface area contributed by atoms with Gasteiger partial charge in [0.2, 0.25) is 0 Å². The van der Waals surface area contributed by atoms with Gasteiger partial charge in [-0.3, -0.25) is 0 Å². The van der Waals surface area contributed by atoms with E-state index in [1.54, 1.807) is 30.6 Å². The van der Waals surface area contributed by atoms with Crippen molar-refractivity contribution in [1.29, 1.82) is 0 Å². The molecule has 31 heavy (non-hydrogen) atoms. The van der Waals surface area contributed by atoms with Crippen molar-refractivity contribution in [3.05, 3.63) is 90.7 Å². The van der Waals surface area contributed by atoms with Crippen LogP contribution < -0.4 is 4.74 Å². The first-order valence-corrected chi connectivity index (χ1v) is 12.2. The molecule has 0 spiro atoms. The van der Waals surface area contributed by atoms with E-state index in [4.69, 9.17) is 9.15 Å². The third-order valence-electron chi connectivity index (χ3n) is 4.93. The van der Waals surface area contributed by atoms with Gasteiger partial charge >= 0.3 is 0 Å². The molecule has 4 aromatic rings. The summed E-state index contributed by atoms with van der Waals surface area (Å²) < 4.78 is 11.9. The molecular formula is C27H26O2S2. The summed E-state index contributed by atoms with van der Waals surface area (Å²) in [7, 11) is 1.69. The summed E-state index contributed by atoms with van der Waals surface area (Å²) in [5.74, 6) is 2.85. The van der Waals surface area contributed by atoms with E-state index in [1.807, 2.05) is 12.1 Å². The van der Waals surface area contributed by atoms with Gasteiger partial charge in [-0.1, -0.05) is 73.3 Å². The Morgan fingerprint density at radius 1 is 0.742 bits per heavy atom. The molecule has 0 N–H and O–H groups in total. The Kier molecular flexibility index (Phi) is 7.44. The van der Waals surface area contributed by atoms with Gasteiger partial charge in [0.25, 0.3) is 0 Å². The summed E-state index contributed by atoms with van der Waals surface area (Å²) in [6, 6.07) is 29.2. The second-order valence-corrected chi connectivity index (χ2v) is 9.34. The lowest BCUT2D eigenvalue weighted by molar-refractivity contribution is 0.415. The van der Waals surface area contributed by atoms with Gasteiger partial charge in [-0.15, -0.1) is 0 Å². The SMILES string of the molecule is CCCCc1oc(-c2ccc(OC)cc2)c(Sc2ccccc2)c1Sc1ccccc1. The minimum atomic E-state index is 0.845. The number of unbranched alkanes of at least 4 members (excludes halogenated alkanes) is 1. The second kappa shape index (κ2) is 10.7. The maximum atomic E-state index is 6.57. The summed E-state index contributed by atoms with van der Waals surface area (Å²) in [6.45, 7) is 2.22. The fourth-order valence-electron chi connectivity index (χ4n) is 3.29. The van der Waals surface area contributed by atoms with Gasteiger partial charge in [-0.05, 0) is 55.0 Å². The van der Waals surface area contributed by atoms with Gasteiger partial charge in [-0.2, -0.15) is 0 Å². The molecule has 0 aliphatic carbocycles. The lowest BCUT2D eigenvalue weighted by Crippen LogP contribution is -1.85. The van der Waals surface area contributed by atoms with Crippen molar-refractivity contribution >= 4 is 23.5 Å². The van der Waals surface area contributed by atoms with Gasteiger partial charge in [-0.25, -0.2) is 0 Å². The molecule has 0 unspecified atom stereocenters. The van der Waals surface area contributed by atoms with Crippen LogP contribution in [0.2, 0.25) is 0 Å². The number of ether oxygens (including phenoxy) is 1. The zero-order valence-electron chi connectivity index (χ0n) is 17.8. The molecule has 0 aliphatic rings. The van der Waals surface area contributed by atoms with Crippen molar-refractivity contribution in [3.8, 4) is 17.1 Å². The molecule has 1 heterocycles. The van der Waals surface area contributed by atoms with E-state index >= 15 is 0 Å². The van der Waals surface area contributed by atoms with E-state index < -0.39 is 0 Å². The topological polar surface area (TPSA) is 22.4 Å². The molecule has 3 aromatic carbocycles. The molecular weight excluding hydrogens is 420 g/mol. The highest BCUT2D eigenvalue weighted by Gasteiger charge is 2.23. The summed E-state index contributed by atoms with van der Waals surface area (Å²) in [5.41, 5.74) is 1.07. The van der Waals surface area contributed by atoms with Crippen molar-refractivity contribution in [2.24, 2.45) is 0 Å². The molecule has 0 radical (unpaired) electrons. The van der Waals surface area contributed by atoms with Crippen molar-refractivity contribution in [2.45, 2.75) is 45.8 Å². The van der Waals surface area contributed by atoms with Crippen molar-refractivity contribution in [1.82, 2.24) is 0 Å². The second-order valence-electron chi connectivity index (χ2n) is 7.17. The first-order valence-electron chi connectivity index (χ1n) is 10.5. The molecule has 0 saturated carbocycles. The third-order valence-corrected chi connectivity index (χ3v) is 7.30. The van der Waals surface area contributed by atoms with Gasteiger partial charge in [0.05, 0.1) is 16.9 Å². The molecule has 2 nitrogen and oxygen atoms in total. The number of hydrogen-bond donors (Lipinski definition) is 0. The number of rotatable bonds is 9. The van der Waals surface area contributed by atoms with E-state index in [0.717, 1.165) is 42.1 Å². The van der Waals surface area contributed by atoms with Crippen LogP contribution in [0, 0.1) is 0 Å². The fourth-order valence-corrected chi connectivity index (χ4v) is 5.50. The Hall–Kier alpha value is -2.56.